The van der Waals surface area contributed by atoms with E-state index in [1.54, 1.807) is 48.6 Å². The third kappa shape index (κ3) is 9.09. The summed E-state index contributed by atoms with van der Waals surface area (Å²) < 4.78 is 10.00. The first-order chi connectivity index (χ1) is 16.7. The average molecular weight is 477 g/mol. The molecule has 0 saturated carbocycles. The molecular weight excluding hydrogens is 448 g/mol. The largest absolute Gasteiger partial charge is 0.508 e. The van der Waals surface area contributed by atoms with E-state index in [9.17, 15) is 19.8 Å². The molecule has 0 unspecified atom stereocenters. The van der Waals surface area contributed by atoms with Gasteiger partial charge in [-0.2, -0.15) is 0 Å². The Kier molecular flexibility index (Phi) is 10.1. The lowest BCUT2D eigenvalue weighted by atomic mass is 10.1. The molecule has 0 spiro atoms. The van der Waals surface area contributed by atoms with Crippen LogP contribution < -0.4 is 9.47 Å². The molecule has 7 heteroatoms. The summed E-state index contributed by atoms with van der Waals surface area (Å²) in [5.41, 5.74) is 2.42. The molecule has 7 nitrogen and oxygen atoms in total. The third-order valence-corrected chi connectivity index (χ3v) is 4.68. The summed E-state index contributed by atoms with van der Waals surface area (Å²) in [5.74, 6) is 0.255. The van der Waals surface area contributed by atoms with Crippen molar-refractivity contribution in [3.63, 3.8) is 0 Å². The van der Waals surface area contributed by atoms with Gasteiger partial charge in [0, 0.05) is 0 Å². The van der Waals surface area contributed by atoms with Crippen LogP contribution in [0.3, 0.4) is 0 Å². The van der Waals surface area contributed by atoms with Crippen molar-refractivity contribution in [2.75, 3.05) is 14.2 Å². The zero-order valence-electron chi connectivity index (χ0n) is 19.8. The minimum atomic E-state index is -0.347. The van der Waals surface area contributed by atoms with Gasteiger partial charge in [-0.3, -0.25) is 9.59 Å². The molecule has 0 aliphatic carbocycles. The number of carbonyl (C=O) groups is 2. The van der Waals surface area contributed by atoms with E-state index < -0.39 is 0 Å². The molecular formula is C28H28O7. The Hall–Kier alpha value is -4.52. The van der Waals surface area contributed by atoms with Crippen LogP contribution in [0.5, 0.6) is 28.7 Å². The van der Waals surface area contributed by atoms with E-state index in [1.807, 2.05) is 19.1 Å². The minimum absolute atomic E-state index is 0.00662. The molecule has 0 aromatic heterocycles. The number of phenolic OH excluding ortho intramolecular Hbond substituents is 3. The maximum absolute atomic E-state index is 11.9. The summed E-state index contributed by atoms with van der Waals surface area (Å²) in [6, 6.07) is 16.5. The smallest absolute Gasteiger partial charge is 0.163 e. The predicted molar refractivity (Wildman–Crippen MR) is 135 cm³/mol. The normalized spacial score (nSPS) is 10.6. The summed E-state index contributed by atoms with van der Waals surface area (Å²) in [7, 11) is 2.87. The van der Waals surface area contributed by atoms with Crippen molar-refractivity contribution in [3.05, 3.63) is 89.5 Å². The van der Waals surface area contributed by atoms with Crippen LogP contribution in [0.2, 0.25) is 0 Å². The van der Waals surface area contributed by atoms with Crippen molar-refractivity contribution >= 4 is 23.7 Å². The second kappa shape index (κ2) is 13.3. The van der Waals surface area contributed by atoms with Gasteiger partial charge >= 0.3 is 0 Å². The van der Waals surface area contributed by atoms with Gasteiger partial charge in [-0.05, 0) is 72.2 Å². The highest BCUT2D eigenvalue weighted by atomic mass is 16.5. The number of methoxy groups -OCH3 is 2. The van der Waals surface area contributed by atoms with Crippen molar-refractivity contribution in [3.8, 4) is 28.7 Å². The summed E-state index contributed by atoms with van der Waals surface area (Å²) in [4.78, 5) is 23.9. The molecule has 3 rings (SSSR count). The zero-order valence-corrected chi connectivity index (χ0v) is 19.8. The van der Waals surface area contributed by atoms with Crippen LogP contribution in [0.25, 0.3) is 12.2 Å². The third-order valence-electron chi connectivity index (χ3n) is 4.68. The Morgan fingerprint density at radius 3 is 1.60 bits per heavy atom. The highest BCUT2D eigenvalue weighted by molar-refractivity contribution is 6.10. The first kappa shape index (κ1) is 26.7. The number of phenols is 3. The van der Waals surface area contributed by atoms with E-state index in [-0.39, 0.29) is 29.5 Å². The number of ether oxygens (including phenoxy) is 2. The Balaban J connectivity index is 0.000000456. The van der Waals surface area contributed by atoms with Crippen LogP contribution in [0, 0.1) is 6.92 Å². The van der Waals surface area contributed by atoms with E-state index in [0.29, 0.717) is 28.4 Å². The highest BCUT2D eigenvalue weighted by Gasteiger charge is 2.06. The number of hydrogen-bond acceptors (Lipinski definition) is 7. The van der Waals surface area contributed by atoms with Gasteiger partial charge in [0.1, 0.15) is 5.75 Å². The molecule has 3 N–H and O–H groups in total. The van der Waals surface area contributed by atoms with Crippen molar-refractivity contribution in [1.82, 2.24) is 0 Å². The molecule has 0 bridgehead atoms. The Labute approximate surface area is 204 Å². The first-order valence-corrected chi connectivity index (χ1v) is 10.6. The first-order valence-electron chi connectivity index (χ1n) is 10.6. The lowest BCUT2D eigenvalue weighted by Crippen LogP contribution is -2.01. The number of benzene rings is 3. The van der Waals surface area contributed by atoms with Crippen LogP contribution >= 0.6 is 0 Å². The summed E-state index contributed by atoms with van der Waals surface area (Å²) >= 11 is 0. The second-order valence-electron chi connectivity index (χ2n) is 7.48. The van der Waals surface area contributed by atoms with E-state index in [2.05, 4.69) is 0 Å². The van der Waals surface area contributed by atoms with Gasteiger partial charge in [0.2, 0.25) is 0 Å². The van der Waals surface area contributed by atoms with Gasteiger partial charge in [-0.25, -0.2) is 0 Å². The van der Waals surface area contributed by atoms with Gasteiger partial charge in [-0.1, -0.05) is 36.4 Å². The molecule has 35 heavy (non-hydrogen) atoms. The molecule has 0 saturated heterocycles. The highest BCUT2D eigenvalue weighted by Crippen LogP contribution is 2.27. The topological polar surface area (TPSA) is 113 Å². The van der Waals surface area contributed by atoms with Crippen LogP contribution in [-0.4, -0.2) is 41.1 Å². The number of ketones is 2. The van der Waals surface area contributed by atoms with Crippen molar-refractivity contribution in [2.45, 2.75) is 13.3 Å². The fraction of sp³-hybridized carbons (Fsp3) is 0.143. The van der Waals surface area contributed by atoms with Crippen LogP contribution in [-0.2, 0) is 9.59 Å². The molecule has 0 aliphatic heterocycles. The van der Waals surface area contributed by atoms with Gasteiger partial charge in [-0.15, -0.1) is 0 Å². The SMILES string of the molecule is COc1cc(C=CC(=O)CC(=O)C=Cc2ccc(O)c(OC)c2)ccc1O.Cc1cccc(O)c1. The number of rotatable bonds is 8. The molecule has 0 amide bonds. The van der Waals surface area contributed by atoms with E-state index >= 15 is 0 Å². The predicted octanol–water partition coefficient (Wildman–Crippen LogP) is 5.07. The van der Waals surface area contributed by atoms with Gasteiger partial charge in [0.15, 0.2) is 34.6 Å². The summed E-state index contributed by atoms with van der Waals surface area (Å²) in [6.45, 7) is 1.94. The van der Waals surface area contributed by atoms with Gasteiger partial charge in [0.25, 0.3) is 0 Å². The van der Waals surface area contributed by atoms with Crippen LogP contribution in [0.15, 0.2) is 72.8 Å². The molecule has 0 fully saturated rings. The summed E-state index contributed by atoms with van der Waals surface area (Å²) in [6.07, 6.45) is 5.44. The lowest BCUT2D eigenvalue weighted by molar-refractivity contribution is -0.121. The number of allylic oxidation sites excluding steroid dienone is 2. The molecule has 0 atom stereocenters. The molecule has 3 aromatic rings. The maximum atomic E-state index is 11.9. The summed E-state index contributed by atoms with van der Waals surface area (Å²) in [5, 5.41) is 27.9. The number of carbonyl (C=O) groups excluding carboxylic acids is 2. The fourth-order valence-electron chi connectivity index (χ4n) is 2.89. The Morgan fingerprint density at radius 1 is 0.743 bits per heavy atom. The van der Waals surface area contributed by atoms with Gasteiger partial charge < -0.3 is 24.8 Å². The fourth-order valence-corrected chi connectivity index (χ4v) is 2.89. The number of aromatic hydroxyl groups is 3. The molecule has 0 radical (unpaired) electrons. The average Bonchev–Trinajstić information content (AvgIpc) is 2.83. The van der Waals surface area contributed by atoms with E-state index in [4.69, 9.17) is 14.6 Å². The number of aryl methyl sites for hydroxylation is 1. The van der Waals surface area contributed by atoms with Crippen molar-refractivity contribution in [2.24, 2.45) is 0 Å². The maximum Gasteiger partial charge on any atom is 0.163 e. The monoisotopic (exact) mass is 476 g/mol. The van der Waals surface area contributed by atoms with E-state index in [0.717, 1.165) is 5.56 Å². The lowest BCUT2D eigenvalue weighted by Gasteiger charge is -2.03. The van der Waals surface area contributed by atoms with E-state index in [1.165, 1.54) is 38.5 Å². The molecule has 182 valence electrons. The Morgan fingerprint density at radius 2 is 1.23 bits per heavy atom. The van der Waals surface area contributed by atoms with Crippen LogP contribution in [0.4, 0.5) is 0 Å². The zero-order chi connectivity index (χ0) is 25.8. The molecule has 3 aromatic carbocycles. The van der Waals surface area contributed by atoms with Crippen molar-refractivity contribution < 1.29 is 34.4 Å². The standard InChI is InChI=1S/C21H20O6.C7H8O/c1-26-20-11-14(5-9-18(20)24)3-7-16(22)13-17(23)8-4-15-6-10-19(25)21(12-15)27-2;1-6-3-2-4-7(8)5-6/h3-12,24-25H,13H2,1-2H3;2-5,8H,1H3. The quantitative estimate of drug-likeness (QED) is 0.307. The minimum Gasteiger partial charge on any atom is -0.508 e. The number of hydrogen-bond donors (Lipinski definition) is 3. The van der Waals surface area contributed by atoms with Gasteiger partial charge in [0.05, 0.1) is 20.6 Å². The van der Waals surface area contributed by atoms with Crippen LogP contribution in [0.1, 0.15) is 23.1 Å². The Bertz CT molecular complexity index is 1130. The van der Waals surface area contributed by atoms with Crippen molar-refractivity contribution in [1.29, 1.82) is 0 Å². The second-order valence-corrected chi connectivity index (χ2v) is 7.48. The molecule has 0 heterocycles. The molecule has 0 aliphatic rings.